The molecule has 0 aliphatic rings. The summed E-state index contributed by atoms with van der Waals surface area (Å²) >= 11 is 0. The lowest BCUT2D eigenvalue weighted by Gasteiger charge is -2.12. The normalized spacial score (nSPS) is 11.7. The molecule has 94 valence electrons. The summed E-state index contributed by atoms with van der Waals surface area (Å²) in [4.78, 5) is 11.5. The van der Waals surface area contributed by atoms with E-state index in [-0.39, 0.29) is 18.6 Å². The van der Waals surface area contributed by atoms with Crippen LogP contribution in [0.5, 0.6) is 5.75 Å². The van der Waals surface area contributed by atoms with E-state index in [0.29, 0.717) is 5.75 Å². The molecule has 0 aromatic heterocycles. The van der Waals surface area contributed by atoms with Gasteiger partial charge in [-0.15, -0.1) is 0 Å². The molecule has 0 saturated carbocycles. The first-order valence-corrected chi connectivity index (χ1v) is 5.85. The van der Waals surface area contributed by atoms with E-state index < -0.39 is 0 Å². The first-order valence-electron chi connectivity index (χ1n) is 5.85. The van der Waals surface area contributed by atoms with Gasteiger partial charge in [-0.3, -0.25) is 4.79 Å². The average Bonchev–Trinajstić information content (AvgIpc) is 2.36. The minimum absolute atomic E-state index is 0.0588. The molecular formula is C13H20N2O2. The van der Waals surface area contributed by atoms with Crippen LogP contribution >= 0.6 is 0 Å². The third kappa shape index (κ3) is 4.76. The molecule has 4 heteroatoms. The quantitative estimate of drug-likeness (QED) is 0.794. The van der Waals surface area contributed by atoms with Gasteiger partial charge in [-0.05, 0) is 37.6 Å². The summed E-state index contributed by atoms with van der Waals surface area (Å²) < 4.78 is 5.37. The Bertz CT molecular complexity index is 349. The van der Waals surface area contributed by atoms with Crippen LogP contribution in [-0.4, -0.2) is 25.6 Å². The number of hydrogen-bond acceptors (Lipinski definition) is 3. The van der Waals surface area contributed by atoms with Crippen LogP contribution in [0.2, 0.25) is 0 Å². The highest BCUT2D eigenvalue weighted by molar-refractivity contribution is 5.77. The molecule has 2 N–H and O–H groups in total. The van der Waals surface area contributed by atoms with Crippen LogP contribution in [0.1, 0.15) is 20.3 Å². The van der Waals surface area contributed by atoms with Gasteiger partial charge in [-0.2, -0.15) is 0 Å². The zero-order valence-electron chi connectivity index (χ0n) is 10.6. The fourth-order valence-corrected chi connectivity index (χ4v) is 1.29. The van der Waals surface area contributed by atoms with Gasteiger partial charge in [0.2, 0.25) is 0 Å². The lowest BCUT2D eigenvalue weighted by Crippen LogP contribution is -2.35. The van der Waals surface area contributed by atoms with Crippen LogP contribution in [0.25, 0.3) is 0 Å². The molecule has 1 rings (SSSR count). The Balaban J connectivity index is 2.36. The number of amides is 1. The highest BCUT2D eigenvalue weighted by Gasteiger charge is 2.05. The maximum absolute atomic E-state index is 11.5. The standard InChI is InChI=1S/C13H20N2O2/c1-4-10(2)15-13(16)9-17-12-7-5-11(14-3)6-8-12/h5-8,10,14H,4,9H2,1-3H3,(H,15,16). The molecule has 4 nitrogen and oxygen atoms in total. The molecule has 1 aromatic carbocycles. The lowest BCUT2D eigenvalue weighted by molar-refractivity contribution is -0.123. The zero-order valence-corrected chi connectivity index (χ0v) is 10.6. The van der Waals surface area contributed by atoms with Crippen LogP contribution < -0.4 is 15.4 Å². The molecule has 0 radical (unpaired) electrons. The fourth-order valence-electron chi connectivity index (χ4n) is 1.29. The molecule has 1 aromatic rings. The first-order chi connectivity index (χ1) is 8.15. The molecule has 0 aliphatic heterocycles. The van der Waals surface area contributed by atoms with E-state index in [1.807, 2.05) is 45.2 Å². The molecule has 0 bridgehead atoms. The molecule has 1 amide bonds. The van der Waals surface area contributed by atoms with Crippen LogP contribution in [-0.2, 0) is 4.79 Å². The van der Waals surface area contributed by atoms with Crippen molar-refractivity contribution in [2.45, 2.75) is 26.3 Å². The van der Waals surface area contributed by atoms with Crippen LogP contribution in [0.3, 0.4) is 0 Å². The Morgan fingerprint density at radius 3 is 2.53 bits per heavy atom. The van der Waals surface area contributed by atoms with E-state index in [9.17, 15) is 4.79 Å². The predicted octanol–water partition coefficient (Wildman–Crippen LogP) is 2.02. The zero-order chi connectivity index (χ0) is 12.7. The Morgan fingerprint density at radius 2 is 2.00 bits per heavy atom. The maximum Gasteiger partial charge on any atom is 0.258 e. The third-order valence-corrected chi connectivity index (χ3v) is 2.53. The van der Waals surface area contributed by atoms with Gasteiger partial charge in [0.25, 0.3) is 5.91 Å². The number of carbonyl (C=O) groups is 1. The van der Waals surface area contributed by atoms with Gasteiger partial charge < -0.3 is 15.4 Å². The van der Waals surface area contributed by atoms with Crippen molar-refractivity contribution < 1.29 is 9.53 Å². The van der Waals surface area contributed by atoms with Crippen molar-refractivity contribution in [2.75, 3.05) is 19.0 Å². The van der Waals surface area contributed by atoms with Crippen LogP contribution in [0.4, 0.5) is 5.69 Å². The van der Waals surface area contributed by atoms with Crippen molar-refractivity contribution in [3.63, 3.8) is 0 Å². The largest absolute Gasteiger partial charge is 0.484 e. The number of ether oxygens (including phenoxy) is 1. The molecule has 0 saturated heterocycles. The smallest absolute Gasteiger partial charge is 0.258 e. The summed E-state index contributed by atoms with van der Waals surface area (Å²) in [6.07, 6.45) is 0.919. The Kier molecular flexibility index (Phi) is 5.33. The van der Waals surface area contributed by atoms with Gasteiger partial charge in [0, 0.05) is 18.8 Å². The van der Waals surface area contributed by atoms with Gasteiger partial charge in [-0.25, -0.2) is 0 Å². The van der Waals surface area contributed by atoms with Gasteiger partial charge in [0.05, 0.1) is 0 Å². The summed E-state index contributed by atoms with van der Waals surface area (Å²) in [5.41, 5.74) is 1.02. The van der Waals surface area contributed by atoms with E-state index >= 15 is 0 Å². The first kappa shape index (κ1) is 13.4. The summed E-state index contributed by atoms with van der Waals surface area (Å²) in [5.74, 6) is 0.611. The van der Waals surface area contributed by atoms with Gasteiger partial charge in [0.15, 0.2) is 6.61 Å². The van der Waals surface area contributed by atoms with Crippen molar-refractivity contribution in [3.8, 4) is 5.75 Å². The number of carbonyl (C=O) groups excluding carboxylic acids is 1. The average molecular weight is 236 g/mol. The van der Waals surface area contributed by atoms with E-state index in [4.69, 9.17) is 4.74 Å². The molecule has 1 atom stereocenters. The van der Waals surface area contributed by atoms with E-state index in [2.05, 4.69) is 10.6 Å². The third-order valence-electron chi connectivity index (χ3n) is 2.53. The summed E-state index contributed by atoms with van der Waals surface area (Å²) in [7, 11) is 1.86. The van der Waals surface area contributed by atoms with Crippen molar-refractivity contribution in [3.05, 3.63) is 24.3 Å². The minimum Gasteiger partial charge on any atom is -0.484 e. The van der Waals surface area contributed by atoms with E-state index in [0.717, 1.165) is 12.1 Å². The number of anilines is 1. The highest BCUT2D eigenvalue weighted by atomic mass is 16.5. The number of benzene rings is 1. The molecular weight excluding hydrogens is 216 g/mol. The Morgan fingerprint density at radius 1 is 1.35 bits per heavy atom. The number of rotatable bonds is 6. The monoisotopic (exact) mass is 236 g/mol. The number of hydrogen-bond donors (Lipinski definition) is 2. The molecule has 17 heavy (non-hydrogen) atoms. The maximum atomic E-state index is 11.5. The Labute approximate surface area is 102 Å². The van der Waals surface area contributed by atoms with E-state index in [1.54, 1.807) is 0 Å². The predicted molar refractivity (Wildman–Crippen MR) is 69.4 cm³/mol. The van der Waals surface area contributed by atoms with Crippen molar-refractivity contribution in [1.82, 2.24) is 5.32 Å². The molecule has 1 unspecified atom stereocenters. The molecule has 0 spiro atoms. The van der Waals surface area contributed by atoms with Crippen LogP contribution in [0, 0.1) is 0 Å². The second-order valence-corrected chi connectivity index (χ2v) is 3.94. The Hall–Kier alpha value is -1.71. The molecule has 0 fully saturated rings. The highest BCUT2D eigenvalue weighted by Crippen LogP contribution is 2.14. The van der Waals surface area contributed by atoms with Crippen molar-refractivity contribution in [1.29, 1.82) is 0 Å². The van der Waals surface area contributed by atoms with Gasteiger partial charge >= 0.3 is 0 Å². The molecule has 0 aliphatic carbocycles. The van der Waals surface area contributed by atoms with Gasteiger partial charge in [-0.1, -0.05) is 6.92 Å². The van der Waals surface area contributed by atoms with Crippen molar-refractivity contribution in [2.24, 2.45) is 0 Å². The fraction of sp³-hybridized carbons (Fsp3) is 0.462. The summed E-state index contributed by atoms with van der Waals surface area (Å²) in [6.45, 7) is 4.06. The second kappa shape index (κ2) is 6.78. The summed E-state index contributed by atoms with van der Waals surface area (Å²) in [6, 6.07) is 7.67. The summed E-state index contributed by atoms with van der Waals surface area (Å²) in [5, 5.41) is 5.86. The minimum atomic E-state index is -0.0861. The van der Waals surface area contributed by atoms with Crippen LogP contribution in [0.15, 0.2) is 24.3 Å². The SMILES string of the molecule is CCC(C)NC(=O)COc1ccc(NC)cc1. The lowest BCUT2D eigenvalue weighted by atomic mass is 10.2. The van der Waals surface area contributed by atoms with Crippen molar-refractivity contribution >= 4 is 11.6 Å². The van der Waals surface area contributed by atoms with Gasteiger partial charge in [0.1, 0.15) is 5.75 Å². The number of nitrogens with one attached hydrogen (secondary N) is 2. The molecule has 0 heterocycles. The van der Waals surface area contributed by atoms with E-state index in [1.165, 1.54) is 0 Å². The second-order valence-electron chi connectivity index (χ2n) is 3.94. The topological polar surface area (TPSA) is 50.4 Å².